The van der Waals surface area contributed by atoms with Crippen LogP contribution in [-0.4, -0.2) is 44.5 Å². The van der Waals surface area contributed by atoms with Crippen LogP contribution in [0.15, 0.2) is 72.4 Å². The fourth-order valence-electron chi connectivity index (χ4n) is 4.75. The van der Waals surface area contributed by atoms with E-state index in [4.69, 9.17) is 18.9 Å². The normalized spacial score (nSPS) is 15.9. The average molecular weight is 539 g/mol. The van der Waals surface area contributed by atoms with Gasteiger partial charge in [-0.3, -0.25) is 0 Å². The van der Waals surface area contributed by atoms with Crippen molar-refractivity contribution in [2.45, 2.75) is 84.2 Å². The zero-order valence-corrected chi connectivity index (χ0v) is 24.3. The summed E-state index contributed by atoms with van der Waals surface area (Å²) >= 11 is 0. The second kappa shape index (κ2) is 16.8. The molecule has 0 aromatic heterocycles. The monoisotopic (exact) mass is 538 g/mol. The number of carbonyl (C=O) groups excluding carboxylic acids is 2. The highest BCUT2D eigenvalue weighted by molar-refractivity contribution is 5.87. The number of carbonyl (C=O) groups is 2. The summed E-state index contributed by atoms with van der Waals surface area (Å²) in [6.07, 6.45) is 13.6. The van der Waals surface area contributed by atoms with E-state index in [-0.39, 0.29) is 23.5 Å². The van der Waals surface area contributed by atoms with E-state index in [1.54, 1.807) is 13.8 Å². The summed E-state index contributed by atoms with van der Waals surface area (Å²) in [7, 11) is 0. The molecule has 0 saturated heterocycles. The molecule has 1 aliphatic rings. The minimum atomic E-state index is -0.367. The molecule has 0 spiro atoms. The van der Waals surface area contributed by atoms with Gasteiger partial charge < -0.3 is 18.9 Å². The lowest BCUT2D eigenvalue weighted by Crippen LogP contribution is -2.31. The molecule has 0 amide bonds. The molecular formula is C33H46O6. The topological polar surface area (TPSA) is 71.1 Å². The van der Waals surface area contributed by atoms with Crippen LogP contribution in [0.3, 0.4) is 0 Å². The molecule has 6 nitrogen and oxygen atoms in total. The van der Waals surface area contributed by atoms with Crippen molar-refractivity contribution >= 4 is 11.9 Å². The zero-order chi connectivity index (χ0) is 28.7. The van der Waals surface area contributed by atoms with E-state index in [0.717, 1.165) is 18.6 Å². The van der Waals surface area contributed by atoms with Crippen molar-refractivity contribution in [3.63, 3.8) is 0 Å². The first-order valence-corrected chi connectivity index (χ1v) is 14.0. The fourth-order valence-corrected chi connectivity index (χ4v) is 4.75. The van der Waals surface area contributed by atoms with Gasteiger partial charge >= 0.3 is 11.9 Å². The van der Waals surface area contributed by atoms with E-state index < -0.39 is 0 Å². The minimum absolute atomic E-state index is 0.0325. The summed E-state index contributed by atoms with van der Waals surface area (Å²) in [5.74, 6) is 0.0811. The maximum atomic E-state index is 11.5. The predicted octanol–water partition coefficient (Wildman–Crippen LogP) is 7.19. The summed E-state index contributed by atoms with van der Waals surface area (Å²) < 4.78 is 22.0. The first-order valence-electron chi connectivity index (χ1n) is 14.0. The van der Waals surface area contributed by atoms with Gasteiger partial charge in [0.1, 0.15) is 5.75 Å². The Morgan fingerprint density at radius 3 is 2.00 bits per heavy atom. The smallest absolute Gasteiger partial charge is 0.333 e. The molecule has 1 aromatic rings. The molecule has 0 heterocycles. The Bertz CT molecular complexity index is 1010. The Morgan fingerprint density at radius 1 is 0.897 bits per heavy atom. The van der Waals surface area contributed by atoms with E-state index in [1.165, 1.54) is 30.4 Å². The van der Waals surface area contributed by atoms with Crippen LogP contribution in [0.5, 0.6) is 5.75 Å². The van der Waals surface area contributed by atoms with E-state index >= 15 is 0 Å². The second-order valence-electron chi connectivity index (χ2n) is 10.2. The minimum Gasteiger partial charge on any atom is -0.493 e. The third kappa shape index (κ3) is 10.5. The second-order valence-corrected chi connectivity index (χ2v) is 10.2. The lowest BCUT2D eigenvalue weighted by atomic mass is 9.64. The maximum Gasteiger partial charge on any atom is 0.333 e. The van der Waals surface area contributed by atoms with Crippen LogP contribution in [0.25, 0.3) is 0 Å². The Hall–Kier alpha value is -3.12. The van der Waals surface area contributed by atoms with Crippen molar-refractivity contribution in [3.8, 4) is 5.75 Å². The van der Waals surface area contributed by atoms with Crippen LogP contribution < -0.4 is 4.74 Å². The molecular weight excluding hydrogens is 492 g/mol. The molecule has 2 rings (SSSR count). The van der Waals surface area contributed by atoms with E-state index in [1.807, 2.05) is 19.1 Å². The lowest BCUT2D eigenvalue weighted by Gasteiger charge is -2.39. The van der Waals surface area contributed by atoms with Gasteiger partial charge in [0.15, 0.2) is 0 Å². The molecule has 0 bridgehead atoms. The average Bonchev–Trinajstić information content (AvgIpc) is 2.93. The number of hydrogen-bond acceptors (Lipinski definition) is 6. The Balaban J connectivity index is 1.95. The van der Waals surface area contributed by atoms with Crippen LogP contribution in [0.2, 0.25) is 0 Å². The van der Waals surface area contributed by atoms with Crippen molar-refractivity contribution in [3.05, 3.63) is 77.9 Å². The Kier molecular flexibility index (Phi) is 13.8. The van der Waals surface area contributed by atoms with Crippen molar-refractivity contribution in [1.29, 1.82) is 0 Å². The Morgan fingerprint density at radius 2 is 1.46 bits per heavy atom. The van der Waals surface area contributed by atoms with Crippen LogP contribution in [0, 0.1) is 0 Å². The first-order chi connectivity index (χ1) is 18.7. The number of allylic oxidation sites excluding steroid dienone is 3. The molecule has 1 unspecified atom stereocenters. The highest BCUT2D eigenvalue weighted by Crippen LogP contribution is 2.46. The van der Waals surface area contributed by atoms with Gasteiger partial charge in [-0.05, 0) is 63.8 Å². The van der Waals surface area contributed by atoms with Crippen molar-refractivity contribution in [2.24, 2.45) is 0 Å². The molecule has 0 radical (unpaired) electrons. The van der Waals surface area contributed by atoms with E-state index in [2.05, 4.69) is 50.4 Å². The molecule has 6 heteroatoms. The van der Waals surface area contributed by atoms with Gasteiger partial charge in [-0.25, -0.2) is 9.59 Å². The number of ether oxygens (including phenoxy) is 4. The zero-order valence-electron chi connectivity index (χ0n) is 24.3. The molecule has 0 aliphatic heterocycles. The van der Waals surface area contributed by atoms with Gasteiger partial charge in [0.2, 0.25) is 0 Å². The summed E-state index contributed by atoms with van der Waals surface area (Å²) in [5, 5.41) is 0. The Labute approximate surface area is 234 Å². The molecule has 214 valence electrons. The highest BCUT2D eigenvalue weighted by atomic mass is 16.5. The molecule has 1 saturated carbocycles. The predicted molar refractivity (Wildman–Crippen MR) is 156 cm³/mol. The largest absolute Gasteiger partial charge is 0.493 e. The summed E-state index contributed by atoms with van der Waals surface area (Å²) in [6, 6.07) is 8.44. The van der Waals surface area contributed by atoms with Crippen LogP contribution in [0.4, 0.5) is 0 Å². The molecule has 1 aromatic carbocycles. The molecule has 0 N–H and O–H groups in total. The van der Waals surface area contributed by atoms with Crippen molar-refractivity contribution in [1.82, 2.24) is 0 Å². The SMILES string of the molecule is C=C(C)C(=O)OCCCOc1ccc(C2(C(/C=C\C(C)OCCCOC(=O)C(=C)C)=C/C)CCCCC2)cc1. The van der Waals surface area contributed by atoms with Crippen LogP contribution >= 0.6 is 0 Å². The summed E-state index contributed by atoms with van der Waals surface area (Å²) in [5.41, 5.74) is 3.38. The van der Waals surface area contributed by atoms with Gasteiger partial charge in [-0.2, -0.15) is 0 Å². The van der Waals surface area contributed by atoms with Crippen molar-refractivity contribution < 1.29 is 28.5 Å². The first kappa shape index (κ1) is 32.1. The number of benzene rings is 1. The molecule has 1 fully saturated rings. The van der Waals surface area contributed by atoms with Gasteiger partial charge in [0.25, 0.3) is 0 Å². The third-order valence-corrected chi connectivity index (χ3v) is 6.91. The third-order valence-electron chi connectivity index (χ3n) is 6.91. The quantitative estimate of drug-likeness (QED) is 0.0960. The van der Waals surface area contributed by atoms with E-state index in [0.29, 0.717) is 50.4 Å². The number of esters is 2. The maximum absolute atomic E-state index is 11.5. The number of hydrogen-bond donors (Lipinski definition) is 0. The molecule has 1 aliphatic carbocycles. The van der Waals surface area contributed by atoms with Gasteiger partial charge in [-0.15, -0.1) is 0 Å². The standard InChI is InChI=1S/C33H46O6/c1-7-28(14-13-27(6)36-21-11-23-38-31(34)25(2)3)33(19-9-8-10-20-33)29-15-17-30(18-16-29)37-22-12-24-39-32(35)26(4)5/h7,13-18,27H,2,4,8-12,19-24H2,1,3,5-6H3/b14-13-,28-7+. The fraction of sp³-hybridized carbons (Fsp3) is 0.515. The lowest BCUT2D eigenvalue weighted by molar-refractivity contribution is -0.140. The summed E-state index contributed by atoms with van der Waals surface area (Å²) in [6.45, 7) is 16.2. The highest BCUT2D eigenvalue weighted by Gasteiger charge is 2.36. The van der Waals surface area contributed by atoms with E-state index in [9.17, 15) is 9.59 Å². The van der Waals surface area contributed by atoms with Gasteiger partial charge in [0, 0.05) is 29.4 Å². The van der Waals surface area contributed by atoms with Crippen LogP contribution in [0.1, 0.15) is 78.2 Å². The van der Waals surface area contributed by atoms with Gasteiger partial charge in [-0.1, -0.05) is 62.8 Å². The molecule has 39 heavy (non-hydrogen) atoms. The van der Waals surface area contributed by atoms with Gasteiger partial charge in [0.05, 0.1) is 32.5 Å². The number of rotatable bonds is 16. The summed E-state index contributed by atoms with van der Waals surface area (Å²) in [4.78, 5) is 22.9. The van der Waals surface area contributed by atoms with Crippen LogP contribution in [-0.2, 0) is 29.2 Å². The van der Waals surface area contributed by atoms with Crippen molar-refractivity contribution in [2.75, 3.05) is 26.4 Å². The molecule has 1 atom stereocenters.